The minimum Gasteiger partial charge on any atom is -0.414 e. The van der Waals surface area contributed by atoms with E-state index in [0.717, 1.165) is 19.4 Å². The molecule has 1 aliphatic heterocycles. The van der Waals surface area contributed by atoms with Gasteiger partial charge in [-0.15, -0.1) is 0 Å². The molecule has 0 amide bonds. The normalized spacial score (nSPS) is 14.7. The van der Waals surface area contributed by atoms with Crippen molar-refractivity contribution < 1.29 is 0 Å². The summed E-state index contributed by atoms with van der Waals surface area (Å²) in [6.07, 6.45) is 2.25. The van der Waals surface area contributed by atoms with Gasteiger partial charge < -0.3 is 4.81 Å². The first-order valence-electron chi connectivity index (χ1n) is 7.80. The van der Waals surface area contributed by atoms with Crippen LogP contribution in [0.3, 0.4) is 0 Å². The molecule has 1 nitrogen and oxygen atoms in total. The number of rotatable bonds is 1. The molecule has 0 saturated heterocycles. The van der Waals surface area contributed by atoms with Gasteiger partial charge in [0.05, 0.1) is 0 Å². The highest BCUT2D eigenvalue weighted by Gasteiger charge is 2.23. The van der Waals surface area contributed by atoms with Gasteiger partial charge in [0.1, 0.15) is 0 Å². The Balaban J connectivity index is 2.02. The first-order valence-corrected chi connectivity index (χ1v) is 7.80. The summed E-state index contributed by atoms with van der Waals surface area (Å²) < 4.78 is 0. The summed E-state index contributed by atoms with van der Waals surface area (Å²) in [4.78, 5) is 2.44. The van der Waals surface area contributed by atoms with Crippen molar-refractivity contribution in [3.05, 3.63) is 65.2 Å². The lowest BCUT2D eigenvalue weighted by atomic mass is 9.62. The first-order chi connectivity index (χ1) is 10.0. The van der Waals surface area contributed by atoms with Crippen LogP contribution in [0.25, 0.3) is 0 Å². The maximum Gasteiger partial charge on any atom is 0.252 e. The second kappa shape index (κ2) is 5.59. The molecule has 0 aromatic heterocycles. The number of anilines is 1. The van der Waals surface area contributed by atoms with Gasteiger partial charge in [-0.1, -0.05) is 63.2 Å². The molecule has 2 aromatic carbocycles. The smallest absolute Gasteiger partial charge is 0.252 e. The van der Waals surface area contributed by atoms with Crippen LogP contribution in [0.1, 0.15) is 37.5 Å². The van der Waals surface area contributed by atoms with Crippen LogP contribution in [0.4, 0.5) is 5.69 Å². The molecule has 0 unspecified atom stereocenters. The molecule has 2 aromatic rings. The van der Waals surface area contributed by atoms with Gasteiger partial charge in [0.15, 0.2) is 0 Å². The van der Waals surface area contributed by atoms with E-state index < -0.39 is 0 Å². The van der Waals surface area contributed by atoms with E-state index in [-0.39, 0.29) is 5.31 Å². The van der Waals surface area contributed by atoms with Crippen molar-refractivity contribution in [1.82, 2.24) is 0 Å². The Kier molecular flexibility index (Phi) is 3.80. The molecule has 0 N–H and O–H groups in total. The molecule has 0 bridgehead atoms. The van der Waals surface area contributed by atoms with Gasteiger partial charge in [0, 0.05) is 12.2 Å². The fraction of sp³-hybridized carbons (Fsp3) is 0.368. The van der Waals surface area contributed by atoms with E-state index in [2.05, 4.69) is 81.5 Å². The highest BCUT2D eigenvalue weighted by Crippen LogP contribution is 2.31. The number of fused-ring (bicyclic) bond motifs is 2. The Morgan fingerprint density at radius 3 is 2.10 bits per heavy atom. The van der Waals surface area contributed by atoms with Gasteiger partial charge >= 0.3 is 0 Å². The molecule has 2 heteroatoms. The Morgan fingerprint density at radius 1 is 0.810 bits per heavy atom. The molecule has 21 heavy (non-hydrogen) atoms. The zero-order valence-electron chi connectivity index (χ0n) is 13.3. The summed E-state index contributed by atoms with van der Waals surface area (Å²) in [6.45, 7) is 7.76. The van der Waals surface area contributed by atoms with E-state index >= 15 is 0 Å². The first kappa shape index (κ1) is 14.3. The Bertz CT molecular complexity index is 627. The van der Waals surface area contributed by atoms with E-state index in [9.17, 15) is 0 Å². The average molecular weight is 276 g/mol. The van der Waals surface area contributed by atoms with Crippen molar-refractivity contribution in [3.63, 3.8) is 0 Å². The monoisotopic (exact) mass is 276 g/mol. The molecule has 0 saturated carbocycles. The van der Waals surface area contributed by atoms with Crippen LogP contribution in [-0.4, -0.2) is 7.41 Å². The number of benzene rings is 2. The van der Waals surface area contributed by atoms with Crippen LogP contribution < -0.4 is 4.81 Å². The fourth-order valence-corrected chi connectivity index (χ4v) is 3.08. The summed E-state index contributed by atoms with van der Waals surface area (Å²) in [6, 6.07) is 17.7. The molecular formula is C19H23BN. The third kappa shape index (κ3) is 3.32. The van der Waals surface area contributed by atoms with Gasteiger partial charge in [-0.25, -0.2) is 0 Å². The number of nitrogens with zero attached hydrogens (tertiary/aromatic N) is 1. The van der Waals surface area contributed by atoms with E-state index in [0.29, 0.717) is 0 Å². The zero-order valence-corrected chi connectivity index (χ0v) is 13.3. The molecular weight excluding hydrogens is 253 g/mol. The van der Waals surface area contributed by atoms with E-state index in [1.807, 2.05) is 0 Å². The van der Waals surface area contributed by atoms with Crippen molar-refractivity contribution in [2.24, 2.45) is 0 Å². The van der Waals surface area contributed by atoms with Crippen LogP contribution in [0.2, 0.25) is 5.31 Å². The molecule has 0 fully saturated rings. The van der Waals surface area contributed by atoms with Gasteiger partial charge in [-0.2, -0.15) is 0 Å². The number of aryl methyl sites for hydroxylation is 2. The largest absolute Gasteiger partial charge is 0.414 e. The van der Waals surface area contributed by atoms with Crippen LogP contribution in [-0.2, 0) is 19.4 Å². The standard InChI is InChI=1S/C19H23BN/c1-19(2,3)20-21-14-17-10-5-4-8-15(17)12-13-16-9-6-7-11-18(16)21/h4-11H,12-14H2,1-3H3. The lowest BCUT2D eigenvalue weighted by molar-refractivity contribution is 0.737. The average Bonchev–Trinajstić information content (AvgIpc) is 2.43. The van der Waals surface area contributed by atoms with Crippen LogP contribution in [0, 0.1) is 0 Å². The molecule has 3 rings (SSSR count). The van der Waals surface area contributed by atoms with Crippen LogP contribution in [0.5, 0.6) is 0 Å². The Labute approximate surface area is 129 Å². The zero-order chi connectivity index (χ0) is 14.9. The summed E-state index contributed by atoms with van der Waals surface area (Å²) in [7, 11) is 2.37. The van der Waals surface area contributed by atoms with Gasteiger partial charge in [-0.05, 0) is 40.9 Å². The van der Waals surface area contributed by atoms with Gasteiger partial charge in [0.2, 0.25) is 0 Å². The predicted molar refractivity (Wildman–Crippen MR) is 91.9 cm³/mol. The van der Waals surface area contributed by atoms with E-state index in [1.54, 1.807) is 0 Å². The highest BCUT2D eigenvalue weighted by atomic mass is 15.1. The maximum atomic E-state index is 2.44. The summed E-state index contributed by atoms with van der Waals surface area (Å²) in [5.74, 6) is 0. The molecule has 0 spiro atoms. The van der Waals surface area contributed by atoms with Crippen molar-refractivity contribution >= 4 is 13.1 Å². The molecule has 1 heterocycles. The second-order valence-corrected chi connectivity index (χ2v) is 7.02. The third-order valence-electron chi connectivity index (χ3n) is 3.97. The minimum atomic E-state index is 0.168. The topological polar surface area (TPSA) is 3.24 Å². The SMILES string of the molecule is CC(C)(C)[B]N1Cc2ccccc2CCc2ccccc21. The molecule has 107 valence electrons. The highest BCUT2D eigenvalue weighted by molar-refractivity contribution is 6.45. The molecule has 1 radical (unpaired) electrons. The van der Waals surface area contributed by atoms with Crippen molar-refractivity contribution in [2.75, 3.05) is 4.81 Å². The molecule has 0 aliphatic carbocycles. The Hall–Kier alpha value is -1.70. The quantitative estimate of drug-likeness (QED) is 0.686. The number of hydrogen-bond donors (Lipinski definition) is 0. The lowest BCUT2D eigenvalue weighted by Gasteiger charge is -2.34. The number of para-hydroxylation sites is 1. The molecule has 0 atom stereocenters. The summed E-state index contributed by atoms with van der Waals surface area (Å²) in [5, 5.41) is 0.168. The maximum absolute atomic E-state index is 2.44. The summed E-state index contributed by atoms with van der Waals surface area (Å²) in [5.41, 5.74) is 5.75. The van der Waals surface area contributed by atoms with Crippen molar-refractivity contribution in [3.8, 4) is 0 Å². The second-order valence-electron chi connectivity index (χ2n) is 7.02. The third-order valence-corrected chi connectivity index (χ3v) is 3.97. The van der Waals surface area contributed by atoms with Crippen molar-refractivity contribution in [2.45, 2.75) is 45.5 Å². The van der Waals surface area contributed by atoms with Gasteiger partial charge in [-0.3, -0.25) is 0 Å². The van der Waals surface area contributed by atoms with Gasteiger partial charge in [0.25, 0.3) is 7.41 Å². The number of hydrogen-bond acceptors (Lipinski definition) is 1. The molecule has 1 aliphatic rings. The van der Waals surface area contributed by atoms with Crippen LogP contribution >= 0.6 is 0 Å². The van der Waals surface area contributed by atoms with Crippen molar-refractivity contribution in [1.29, 1.82) is 0 Å². The predicted octanol–water partition coefficient (Wildman–Crippen LogP) is 4.63. The summed E-state index contributed by atoms with van der Waals surface area (Å²) >= 11 is 0. The Morgan fingerprint density at radius 2 is 1.38 bits per heavy atom. The lowest BCUT2D eigenvalue weighted by Crippen LogP contribution is -2.34. The fourth-order valence-electron chi connectivity index (χ4n) is 3.08. The van der Waals surface area contributed by atoms with E-state index in [1.165, 1.54) is 22.4 Å². The minimum absolute atomic E-state index is 0.168. The van der Waals surface area contributed by atoms with E-state index in [4.69, 9.17) is 0 Å². The van der Waals surface area contributed by atoms with Crippen LogP contribution in [0.15, 0.2) is 48.5 Å².